The van der Waals surface area contributed by atoms with Crippen molar-refractivity contribution in [1.29, 1.82) is 0 Å². The number of halogens is 1. The van der Waals surface area contributed by atoms with Crippen LogP contribution in [0.15, 0.2) is 36.4 Å². The highest BCUT2D eigenvalue weighted by atomic mass is 35.5. The molecule has 2 rings (SSSR count). The Bertz CT molecular complexity index is 947. The van der Waals surface area contributed by atoms with Crippen molar-refractivity contribution in [3.63, 3.8) is 0 Å². The van der Waals surface area contributed by atoms with Gasteiger partial charge in [-0.3, -0.25) is 25.8 Å². The van der Waals surface area contributed by atoms with E-state index in [2.05, 4.69) is 16.2 Å². The largest absolute Gasteiger partial charge is 0.491 e. The standard InChI is InChI=1S/C22H26ClN3O5S/c1-4-29-8-9-30-17-7-5-6-16(12-17)21(28)24-22(32)26-25-19(27)13-31-18-10-14(2)20(23)15(3)11-18/h5-7,10-12H,4,8-9,13H2,1-3H3,(H,25,27)(H2,24,26,28,32). The van der Waals surface area contributed by atoms with Gasteiger partial charge in [0.2, 0.25) is 0 Å². The monoisotopic (exact) mass is 479 g/mol. The number of hydrazine groups is 1. The van der Waals surface area contributed by atoms with Gasteiger partial charge >= 0.3 is 0 Å². The van der Waals surface area contributed by atoms with Crippen molar-refractivity contribution in [2.24, 2.45) is 0 Å². The second-order valence-electron chi connectivity index (χ2n) is 6.69. The molecule has 0 aliphatic heterocycles. The highest BCUT2D eigenvalue weighted by Crippen LogP contribution is 2.25. The summed E-state index contributed by atoms with van der Waals surface area (Å²) in [4.78, 5) is 24.3. The highest BCUT2D eigenvalue weighted by Gasteiger charge is 2.11. The molecule has 0 spiro atoms. The van der Waals surface area contributed by atoms with Crippen LogP contribution in [0.3, 0.4) is 0 Å². The van der Waals surface area contributed by atoms with Crippen LogP contribution in [-0.2, 0) is 9.53 Å². The molecule has 0 saturated carbocycles. The second-order valence-corrected chi connectivity index (χ2v) is 7.48. The molecule has 3 N–H and O–H groups in total. The maximum Gasteiger partial charge on any atom is 0.276 e. The molecule has 0 atom stereocenters. The normalized spacial score (nSPS) is 10.2. The molecule has 0 aromatic heterocycles. The van der Waals surface area contributed by atoms with E-state index in [9.17, 15) is 9.59 Å². The first-order chi connectivity index (χ1) is 15.3. The SMILES string of the molecule is CCOCCOc1cccc(C(=O)NC(=S)NNC(=O)COc2cc(C)c(Cl)c(C)c2)c1. The lowest BCUT2D eigenvalue weighted by molar-refractivity contribution is -0.123. The van der Waals surface area contributed by atoms with Gasteiger partial charge in [0.1, 0.15) is 18.1 Å². The molecule has 0 unspecified atom stereocenters. The van der Waals surface area contributed by atoms with Crippen molar-refractivity contribution in [1.82, 2.24) is 16.2 Å². The van der Waals surface area contributed by atoms with Crippen LogP contribution >= 0.6 is 23.8 Å². The van der Waals surface area contributed by atoms with Crippen LogP contribution in [-0.4, -0.2) is 43.4 Å². The van der Waals surface area contributed by atoms with Crippen LogP contribution in [0, 0.1) is 13.8 Å². The van der Waals surface area contributed by atoms with E-state index in [0.29, 0.717) is 41.9 Å². The first-order valence-electron chi connectivity index (χ1n) is 9.90. The average molecular weight is 480 g/mol. The van der Waals surface area contributed by atoms with Crippen LogP contribution in [0.1, 0.15) is 28.4 Å². The van der Waals surface area contributed by atoms with Gasteiger partial charge in [0, 0.05) is 17.2 Å². The second kappa shape index (κ2) is 12.8. The Morgan fingerprint density at radius 1 is 1.00 bits per heavy atom. The molecular formula is C22H26ClN3O5S. The zero-order valence-corrected chi connectivity index (χ0v) is 19.7. The Balaban J connectivity index is 1.76. The van der Waals surface area contributed by atoms with E-state index in [1.54, 1.807) is 36.4 Å². The Kier molecular flexibility index (Phi) is 10.2. The van der Waals surface area contributed by atoms with Gasteiger partial charge in [-0.2, -0.15) is 0 Å². The Morgan fingerprint density at radius 2 is 1.72 bits per heavy atom. The number of aryl methyl sites for hydroxylation is 2. The Hall–Kier alpha value is -2.88. The third kappa shape index (κ3) is 8.33. The van der Waals surface area contributed by atoms with E-state index in [1.165, 1.54) is 0 Å². The van der Waals surface area contributed by atoms with Gasteiger partial charge in [-0.25, -0.2) is 0 Å². The molecule has 2 aromatic rings. The zero-order valence-electron chi connectivity index (χ0n) is 18.1. The molecule has 172 valence electrons. The van der Waals surface area contributed by atoms with Gasteiger partial charge in [0.15, 0.2) is 11.7 Å². The summed E-state index contributed by atoms with van der Waals surface area (Å²) in [6, 6.07) is 10.1. The molecule has 0 heterocycles. The van der Waals surface area contributed by atoms with Gasteiger partial charge in [-0.15, -0.1) is 0 Å². The summed E-state index contributed by atoms with van der Waals surface area (Å²) in [7, 11) is 0. The van der Waals surface area contributed by atoms with Gasteiger partial charge in [-0.1, -0.05) is 17.7 Å². The van der Waals surface area contributed by atoms with Crippen molar-refractivity contribution < 1.29 is 23.8 Å². The van der Waals surface area contributed by atoms with Gasteiger partial charge in [0.25, 0.3) is 11.8 Å². The van der Waals surface area contributed by atoms with E-state index < -0.39 is 11.8 Å². The van der Waals surface area contributed by atoms with E-state index in [4.69, 9.17) is 38.0 Å². The number of amides is 2. The average Bonchev–Trinajstić information content (AvgIpc) is 2.77. The minimum atomic E-state index is -0.475. The first-order valence-corrected chi connectivity index (χ1v) is 10.7. The molecule has 2 aromatic carbocycles. The predicted molar refractivity (Wildman–Crippen MR) is 126 cm³/mol. The van der Waals surface area contributed by atoms with Gasteiger partial charge < -0.3 is 14.2 Å². The zero-order chi connectivity index (χ0) is 23.5. The number of hydrogen-bond donors (Lipinski definition) is 3. The van der Waals surface area contributed by atoms with Crippen LogP contribution in [0.2, 0.25) is 5.02 Å². The molecule has 0 aliphatic carbocycles. The smallest absolute Gasteiger partial charge is 0.276 e. The summed E-state index contributed by atoms with van der Waals surface area (Å²) in [5, 5.41) is 3.07. The van der Waals surface area contributed by atoms with Crippen molar-refractivity contribution in [2.45, 2.75) is 20.8 Å². The third-order valence-corrected chi connectivity index (χ3v) is 4.92. The van der Waals surface area contributed by atoms with Crippen LogP contribution in [0.4, 0.5) is 0 Å². The fourth-order valence-electron chi connectivity index (χ4n) is 2.60. The first kappa shape index (κ1) is 25.4. The van der Waals surface area contributed by atoms with Crippen molar-refractivity contribution >= 4 is 40.7 Å². The number of carbonyl (C=O) groups is 2. The third-order valence-electron chi connectivity index (χ3n) is 4.12. The molecule has 10 heteroatoms. The summed E-state index contributed by atoms with van der Waals surface area (Å²) in [5.74, 6) is 0.139. The predicted octanol–water partition coefficient (Wildman–Crippen LogP) is 3.09. The van der Waals surface area contributed by atoms with E-state index in [-0.39, 0.29) is 11.7 Å². The Labute approximate surface area is 197 Å². The van der Waals surface area contributed by atoms with Crippen molar-refractivity contribution in [3.8, 4) is 11.5 Å². The number of thiocarbonyl (C=S) groups is 1. The molecule has 0 fully saturated rings. The summed E-state index contributed by atoms with van der Waals surface area (Å²) >= 11 is 11.2. The number of benzene rings is 2. The lowest BCUT2D eigenvalue weighted by Gasteiger charge is -2.13. The fraction of sp³-hybridized carbons (Fsp3) is 0.318. The minimum Gasteiger partial charge on any atom is -0.491 e. The van der Waals surface area contributed by atoms with Crippen LogP contribution in [0.25, 0.3) is 0 Å². The summed E-state index contributed by atoms with van der Waals surface area (Å²) in [5.41, 5.74) is 6.89. The topological polar surface area (TPSA) is 97.9 Å². The number of nitrogens with one attached hydrogen (secondary N) is 3. The molecule has 2 amide bonds. The number of rotatable bonds is 9. The Morgan fingerprint density at radius 3 is 2.41 bits per heavy atom. The van der Waals surface area contributed by atoms with E-state index >= 15 is 0 Å². The fourth-order valence-corrected chi connectivity index (χ4v) is 2.85. The van der Waals surface area contributed by atoms with Crippen molar-refractivity contribution in [3.05, 3.63) is 58.1 Å². The lowest BCUT2D eigenvalue weighted by atomic mass is 10.1. The summed E-state index contributed by atoms with van der Waals surface area (Å²) < 4.78 is 16.2. The number of hydrogen-bond acceptors (Lipinski definition) is 6. The quantitative estimate of drug-likeness (QED) is 0.289. The van der Waals surface area contributed by atoms with Gasteiger partial charge in [-0.05, 0) is 74.4 Å². The maximum absolute atomic E-state index is 12.4. The molecule has 32 heavy (non-hydrogen) atoms. The molecule has 0 aliphatic rings. The summed E-state index contributed by atoms with van der Waals surface area (Å²) in [6.07, 6.45) is 0. The molecule has 0 bridgehead atoms. The summed E-state index contributed by atoms with van der Waals surface area (Å²) in [6.45, 7) is 6.81. The highest BCUT2D eigenvalue weighted by molar-refractivity contribution is 7.80. The molecular weight excluding hydrogens is 454 g/mol. The maximum atomic E-state index is 12.4. The van der Waals surface area contributed by atoms with E-state index in [0.717, 1.165) is 11.1 Å². The number of ether oxygens (including phenoxy) is 3. The minimum absolute atomic E-state index is 0.0656. The lowest BCUT2D eigenvalue weighted by Crippen LogP contribution is -2.49. The number of carbonyl (C=O) groups excluding carboxylic acids is 2. The van der Waals surface area contributed by atoms with Crippen LogP contribution in [0.5, 0.6) is 11.5 Å². The molecule has 8 nitrogen and oxygen atoms in total. The van der Waals surface area contributed by atoms with Gasteiger partial charge in [0.05, 0.1) is 6.61 Å². The molecule has 0 saturated heterocycles. The van der Waals surface area contributed by atoms with Crippen LogP contribution < -0.4 is 25.6 Å². The molecule has 0 radical (unpaired) electrons. The van der Waals surface area contributed by atoms with Crippen molar-refractivity contribution in [2.75, 3.05) is 26.4 Å². The van der Waals surface area contributed by atoms with E-state index in [1.807, 2.05) is 20.8 Å².